The van der Waals surface area contributed by atoms with Gasteiger partial charge >= 0.3 is 26.8 Å². The topological polar surface area (TPSA) is 435 Å². The molecular weight excluding hydrogens is 931 g/mol. The van der Waals surface area contributed by atoms with Crippen molar-refractivity contribution in [1.29, 1.82) is 0 Å². The Bertz CT molecular complexity index is 3120. The highest BCUT2D eigenvalue weighted by atomic mass is 32.3. The van der Waals surface area contributed by atoms with Gasteiger partial charge in [0.15, 0.2) is 19.7 Å². The number of nitrogens with one attached hydrogen (secondary N) is 1. The van der Waals surface area contributed by atoms with E-state index in [2.05, 4.69) is 34.1 Å². The number of nitrogens with zero attached hydrogens (tertiary/aromatic N) is 4. The Morgan fingerprint density at radius 2 is 1.20 bits per heavy atom. The maximum absolute atomic E-state index is 12.7. The predicted molar refractivity (Wildman–Crippen MR) is 206 cm³/mol. The minimum absolute atomic E-state index is 0.00335. The van der Waals surface area contributed by atoms with Crippen molar-refractivity contribution in [2.24, 2.45) is 26.2 Å². The van der Waals surface area contributed by atoms with E-state index >= 15 is 0 Å². The molecule has 0 spiro atoms. The predicted octanol–water partition coefficient (Wildman–Crippen LogP) is 2.29. The number of benzene rings is 4. The van der Waals surface area contributed by atoms with Crippen LogP contribution >= 0.6 is 0 Å². The van der Waals surface area contributed by atoms with Gasteiger partial charge in [-0.2, -0.15) is 43.9 Å². The summed E-state index contributed by atoms with van der Waals surface area (Å²) in [6.45, 7) is -2.55. The third-order valence-corrected chi connectivity index (χ3v) is 13.6. The summed E-state index contributed by atoms with van der Waals surface area (Å²) in [5.74, 6) is -1.95. The number of nitrogens with two attached hydrogens (primary N) is 2. The molecule has 4 aromatic rings. The lowest BCUT2D eigenvalue weighted by molar-refractivity contribution is 0.259. The van der Waals surface area contributed by atoms with Gasteiger partial charge in [-0.1, -0.05) is 18.2 Å². The van der Waals surface area contributed by atoms with Gasteiger partial charge in [0.1, 0.15) is 26.9 Å². The zero-order valence-corrected chi connectivity index (χ0v) is 34.5. The average Bonchev–Trinajstić information content (AvgIpc) is 3.09. The van der Waals surface area contributed by atoms with Gasteiger partial charge in [0.05, 0.1) is 52.4 Å². The van der Waals surface area contributed by atoms with Gasteiger partial charge in [-0.15, -0.1) is 10.2 Å². The SMILES string of the molecule is NC(=O)Nc1c(CN=Nc2ccc(S(=O)(=O)CCOS(=O)(=O)O)cc2S(=O)(=O)O)ccc(N)c1N=Nc1ccc2cc(S(=O)(=O)CCOS(=O)(=O)O)ccc2c1S(=O)(=O)O. The summed E-state index contributed by atoms with van der Waals surface area (Å²) in [7, 11) is -29.0. The standard InChI is InChI=1S/C28H29N7O19S6/c29-21-6-1-17(15-31-33-22-8-4-19(14-24(22)57(41,42)43)56(39,40)12-10-54-60(50,51)52)25(32-28(30)36)26(21)35-34-23-7-2-16-13-18(3-5-20(16)27(23)58(44,45)46)55(37,38)11-9-53-59(47,48)49/h1-8,13-14H,9-12,15,29H2,(H3,30,32,36)(H,41,42,43)(H,44,45,46)(H,47,48,49)(H,50,51,52). The average molecular weight is 960 g/mol. The minimum atomic E-state index is -5.19. The quantitative estimate of drug-likeness (QED) is 0.0427. The van der Waals surface area contributed by atoms with Gasteiger partial charge in [0, 0.05) is 10.9 Å². The first-order valence-electron chi connectivity index (χ1n) is 15.6. The first kappa shape index (κ1) is 47.5. The van der Waals surface area contributed by atoms with Crippen LogP contribution in [0.1, 0.15) is 5.56 Å². The molecule has 0 aliphatic heterocycles. The van der Waals surface area contributed by atoms with Crippen LogP contribution in [0.4, 0.5) is 33.2 Å². The van der Waals surface area contributed by atoms with Crippen LogP contribution in [0.5, 0.6) is 0 Å². The van der Waals surface area contributed by atoms with E-state index < -0.39 is 129 Å². The van der Waals surface area contributed by atoms with E-state index in [0.29, 0.717) is 6.07 Å². The third-order valence-electron chi connectivity index (χ3n) is 7.50. The smallest absolute Gasteiger partial charge is 0.397 e. The highest BCUT2D eigenvalue weighted by molar-refractivity contribution is 7.92. The van der Waals surface area contributed by atoms with Crippen LogP contribution in [0.25, 0.3) is 10.8 Å². The van der Waals surface area contributed by atoms with Gasteiger partial charge < -0.3 is 16.8 Å². The summed E-state index contributed by atoms with van der Waals surface area (Å²) >= 11 is 0. The number of urea groups is 1. The molecule has 26 nitrogen and oxygen atoms in total. The van der Waals surface area contributed by atoms with Crippen molar-refractivity contribution < 1.29 is 81.9 Å². The molecule has 0 unspecified atom stereocenters. The van der Waals surface area contributed by atoms with E-state index in [0.717, 1.165) is 36.4 Å². The molecule has 0 atom stereocenters. The van der Waals surface area contributed by atoms with Crippen molar-refractivity contribution in [2.75, 3.05) is 35.8 Å². The number of hydrogen-bond acceptors (Lipinski definition) is 20. The summed E-state index contributed by atoms with van der Waals surface area (Å²) in [5, 5.41) is 17.2. The number of amides is 2. The van der Waals surface area contributed by atoms with Gasteiger partial charge in [0.2, 0.25) is 0 Å². The Balaban J connectivity index is 1.72. The zero-order valence-electron chi connectivity index (χ0n) is 29.6. The number of carbonyl (C=O) groups excluding carboxylic acids is 1. The number of sulfone groups is 2. The second-order valence-corrected chi connectivity index (χ2v) is 20.8. The van der Waals surface area contributed by atoms with Crippen LogP contribution in [0, 0.1) is 0 Å². The van der Waals surface area contributed by atoms with Gasteiger partial charge in [0.25, 0.3) is 20.2 Å². The highest BCUT2D eigenvalue weighted by Crippen LogP contribution is 2.39. The number of hydrogen-bond donors (Lipinski definition) is 7. The monoisotopic (exact) mass is 959 g/mol. The van der Waals surface area contributed by atoms with Crippen LogP contribution in [-0.2, 0) is 75.6 Å². The number of carbonyl (C=O) groups is 1. The van der Waals surface area contributed by atoms with Crippen LogP contribution in [0.3, 0.4) is 0 Å². The molecule has 0 aliphatic carbocycles. The summed E-state index contributed by atoms with van der Waals surface area (Å²) in [5.41, 5.74) is 9.38. The molecule has 0 heterocycles. The van der Waals surface area contributed by atoms with Crippen LogP contribution < -0.4 is 16.8 Å². The van der Waals surface area contributed by atoms with Gasteiger partial charge in [-0.05, 0) is 47.9 Å². The van der Waals surface area contributed by atoms with Crippen LogP contribution in [-0.4, -0.2) is 99.5 Å². The number of fused-ring (bicyclic) bond motifs is 1. The van der Waals surface area contributed by atoms with E-state index in [-0.39, 0.29) is 33.4 Å². The van der Waals surface area contributed by atoms with E-state index in [1.54, 1.807) is 0 Å². The van der Waals surface area contributed by atoms with E-state index in [4.69, 9.17) is 20.6 Å². The molecule has 4 rings (SSSR count). The molecule has 4 aromatic carbocycles. The van der Waals surface area contributed by atoms with E-state index in [9.17, 15) is 64.4 Å². The maximum Gasteiger partial charge on any atom is 0.397 e. The van der Waals surface area contributed by atoms with Crippen LogP contribution in [0.15, 0.2) is 101 Å². The molecule has 326 valence electrons. The fourth-order valence-electron chi connectivity index (χ4n) is 4.96. The van der Waals surface area contributed by atoms with E-state index in [1.165, 1.54) is 18.2 Å². The lowest BCUT2D eigenvalue weighted by Crippen LogP contribution is -2.20. The number of anilines is 2. The second-order valence-electron chi connectivity index (χ2n) is 11.6. The lowest BCUT2D eigenvalue weighted by atomic mass is 10.1. The number of azo groups is 2. The van der Waals surface area contributed by atoms with Crippen molar-refractivity contribution in [2.45, 2.75) is 26.1 Å². The van der Waals surface area contributed by atoms with Crippen molar-refractivity contribution in [3.8, 4) is 0 Å². The largest absolute Gasteiger partial charge is 0.397 e. The molecule has 9 N–H and O–H groups in total. The summed E-state index contributed by atoms with van der Waals surface area (Å²) < 4.78 is 189. The molecule has 0 radical (unpaired) electrons. The molecule has 0 saturated heterocycles. The summed E-state index contributed by atoms with van der Waals surface area (Å²) in [6.07, 6.45) is 0. The van der Waals surface area contributed by atoms with Crippen molar-refractivity contribution in [1.82, 2.24) is 0 Å². The Morgan fingerprint density at radius 1 is 0.650 bits per heavy atom. The molecule has 2 amide bonds. The fourth-order valence-corrected chi connectivity index (χ4v) is 9.56. The molecule has 0 aliphatic rings. The Morgan fingerprint density at radius 3 is 1.73 bits per heavy atom. The van der Waals surface area contributed by atoms with Crippen LogP contribution in [0.2, 0.25) is 0 Å². The molecule has 60 heavy (non-hydrogen) atoms. The number of primary amides is 1. The highest BCUT2D eigenvalue weighted by Gasteiger charge is 2.25. The Kier molecular flexibility index (Phi) is 14.1. The molecule has 32 heteroatoms. The molecule has 0 bridgehead atoms. The van der Waals surface area contributed by atoms with Crippen molar-refractivity contribution in [3.63, 3.8) is 0 Å². The summed E-state index contributed by atoms with van der Waals surface area (Å²) in [4.78, 5) is 8.95. The Hall–Kier alpha value is -5.13. The van der Waals surface area contributed by atoms with Crippen molar-refractivity contribution in [3.05, 3.63) is 66.2 Å². The normalized spacial score (nSPS) is 13.3. The van der Waals surface area contributed by atoms with Gasteiger partial charge in [-0.25, -0.2) is 30.0 Å². The fraction of sp³-hybridized carbons (Fsp3) is 0.179. The molecular formula is C28H29N7O19S6. The lowest BCUT2D eigenvalue weighted by Gasteiger charge is -2.13. The summed E-state index contributed by atoms with van der Waals surface area (Å²) in [6, 6.07) is 8.60. The van der Waals surface area contributed by atoms with Gasteiger partial charge in [-0.3, -0.25) is 18.2 Å². The molecule has 0 aromatic heterocycles. The second kappa shape index (κ2) is 17.8. The minimum Gasteiger partial charge on any atom is -0.397 e. The maximum atomic E-state index is 12.7. The Labute approximate surface area is 340 Å². The third kappa shape index (κ3) is 12.7. The first-order chi connectivity index (χ1) is 27.5. The van der Waals surface area contributed by atoms with E-state index in [1.807, 2.05) is 0 Å². The molecule has 0 fully saturated rings. The van der Waals surface area contributed by atoms with Crippen molar-refractivity contribution >= 4 is 106 Å². The number of nitrogen functional groups attached to an aromatic ring is 1. The number of rotatable bonds is 18. The molecule has 0 saturated carbocycles. The first-order valence-corrected chi connectivity index (χ1v) is 24.5. The zero-order chi connectivity index (χ0) is 45.1.